The number of nitrogen functional groups attached to an aromatic ring is 1. The number of piperazine rings is 1. The smallest absolute Gasteiger partial charge is 0.382 e. The Labute approximate surface area is 232 Å². The summed E-state index contributed by atoms with van der Waals surface area (Å²) in [7, 11) is 2.12. The normalized spacial score (nSPS) is 14.6. The second-order valence-corrected chi connectivity index (χ2v) is 9.93. The molecule has 1 aliphatic rings. The molecule has 1 fully saturated rings. The summed E-state index contributed by atoms with van der Waals surface area (Å²) in [5, 5.41) is 9.23. The van der Waals surface area contributed by atoms with Crippen LogP contribution in [0.4, 0.5) is 36.3 Å². The minimum Gasteiger partial charge on any atom is -0.382 e. The third-order valence-electron chi connectivity index (χ3n) is 7.07. The number of halogens is 3. The number of nitrogens with one attached hydrogen (secondary N) is 3. The van der Waals surface area contributed by atoms with Gasteiger partial charge in [-0.05, 0) is 42.9 Å². The van der Waals surface area contributed by atoms with Crippen LogP contribution in [-0.4, -0.2) is 81.3 Å². The van der Waals surface area contributed by atoms with E-state index in [4.69, 9.17) is 5.73 Å². The van der Waals surface area contributed by atoms with E-state index in [2.05, 4.69) is 54.3 Å². The highest BCUT2D eigenvalue weighted by Gasteiger charge is 2.29. The van der Waals surface area contributed by atoms with Crippen LogP contribution < -0.4 is 21.3 Å². The molecule has 1 saturated heterocycles. The van der Waals surface area contributed by atoms with Crippen LogP contribution in [0.15, 0.2) is 55.0 Å². The molecule has 0 radical (unpaired) electrons. The Hall–Kier alpha value is -4.85. The van der Waals surface area contributed by atoms with E-state index in [1.807, 2.05) is 11.4 Å². The Morgan fingerprint density at radius 2 is 1.85 bits per heavy atom. The van der Waals surface area contributed by atoms with Gasteiger partial charge in [0, 0.05) is 49.3 Å². The third kappa shape index (κ3) is 5.45. The number of nitrogens with zero attached hydrogens (tertiary/aromatic N) is 6. The first-order valence-corrected chi connectivity index (χ1v) is 12.9. The fourth-order valence-electron chi connectivity index (χ4n) is 4.95. The van der Waals surface area contributed by atoms with Crippen molar-refractivity contribution in [2.45, 2.75) is 6.18 Å². The number of alkyl halides is 3. The number of likely N-dealkylation sites (N-methyl/N-ethyl adjacent to an activating group) is 1. The molecule has 0 aliphatic carbocycles. The van der Waals surface area contributed by atoms with Gasteiger partial charge in [-0.25, -0.2) is 14.5 Å². The summed E-state index contributed by atoms with van der Waals surface area (Å²) < 4.78 is 39.6. The van der Waals surface area contributed by atoms with E-state index in [1.165, 1.54) is 17.0 Å². The highest BCUT2D eigenvalue weighted by atomic mass is 19.4. The van der Waals surface area contributed by atoms with E-state index in [1.54, 1.807) is 24.3 Å². The summed E-state index contributed by atoms with van der Waals surface area (Å²) in [4.78, 5) is 29.4. The molecule has 212 valence electrons. The average Bonchev–Trinajstić information content (AvgIpc) is 3.54. The van der Waals surface area contributed by atoms with Crippen molar-refractivity contribution in [3.63, 3.8) is 0 Å². The van der Waals surface area contributed by atoms with Gasteiger partial charge >= 0.3 is 6.18 Å². The van der Waals surface area contributed by atoms with Crippen LogP contribution >= 0.6 is 0 Å². The Balaban J connectivity index is 1.25. The van der Waals surface area contributed by atoms with Gasteiger partial charge in [0.25, 0.3) is 5.91 Å². The van der Waals surface area contributed by atoms with Crippen molar-refractivity contribution in [2.75, 3.05) is 55.7 Å². The quantitative estimate of drug-likeness (QED) is 0.246. The van der Waals surface area contributed by atoms with E-state index in [-0.39, 0.29) is 11.4 Å². The van der Waals surface area contributed by atoms with Gasteiger partial charge in [-0.2, -0.15) is 18.3 Å². The molecule has 41 heavy (non-hydrogen) atoms. The molecule has 3 aromatic heterocycles. The molecule has 5 aromatic rings. The van der Waals surface area contributed by atoms with E-state index >= 15 is 0 Å². The van der Waals surface area contributed by atoms with Crippen molar-refractivity contribution in [1.29, 1.82) is 0 Å². The maximum Gasteiger partial charge on any atom is 0.405 e. The van der Waals surface area contributed by atoms with Gasteiger partial charge in [-0.15, -0.1) is 0 Å². The maximum absolute atomic E-state index is 12.8. The number of hydrogen-bond donors (Lipinski definition) is 4. The fourth-order valence-corrected chi connectivity index (χ4v) is 4.95. The first kappa shape index (κ1) is 26.4. The number of imidazole rings is 1. The number of aromatic amines is 1. The molecule has 0 atom stereocenters. The van der Waals surface area contributed by atoms with Crippen LogP contribution in [-0.2, 0) is 0 Å². The largest absolute Gasteiger partial charge is 0.405 e. The zero-order valence-electron chi connectivity index (χ0n) is 22.0. The van der Waals surface area contributed by atoms with Crippen molar-refractivity contribution in [3.05, 3.63) is 60.6 Å². The summed E-state index contributed by atoms with van der Waals surface area (Å²) in [5.41, 5.74) is 10.9. The number of carbonyl (C=O) groups excluding carboxylic acids is 1. The van der Waals surface area contributed by atoms with E-state index < -0.39 is 18.6 Å². The molecule has 0 saturated carbocycles. The molecule has 0 spiro atoms. The van der Waals surface area contributed by atoms with Crippen LogP contribution in [0, 0.1) is 0 Å². The van der Waals surface area contributed by atoms with E-state index in [9.17, 15) is 18.0 Å². The molecule has 6 rings (SSSR count). The monoisotopic (exact) mass is 564 g/mol. The number of aromatic nitrogens is 5. The maximum atomic E-state index is 12.8. The summed E-state index contributed by atoms with van der Waals surface area (Å²) in [6, 6.07) is 13.2. The SMILES string of the molecule is CN1CCN(c2ccc3nc(Nc4ccc(-c5c(C(=O)NCC(F)(F)F)cn6ncnc(N)c56)cc4)[nH]c3c2)CC1. The van der Waals surface area contributed by atoms with Crippen LogP contribution in [0.1, 0.15) is 10.4 Å². The number of hydrogen-bond acceptors (Lipinski definition) is 8. The molecule has 0 unspecified atom stereocenters. The van der Waals surface area contributed by atoms with Crippen molar-refractivity contribution in [2.24, 2.45) is 0 Å². The van der Waals surface area contributed by atoms with Crippen LogP contribution in [0.25, 0.3) is 27.7 Å². The van der Waals surface area contributed by atoms with E-state index in [0.29, 0.717) is 28.3 Å². The van der Waals surface area contributed by atoms with Crippen LogP contribution in [0.3, 0.4) is 0 Å². The Morgan fingerprint density at radius 3 is 2.59 bits per heavy atom. The number of carbonyl (C=O) groups is 1. The van der Waals surface area contributed by atoms with Crippen molar-refractivity contribution in [1.82, 2.24) is 34.8 Å². The minimum atomic E-state index is -4.55. The van der Waals surface area contributed by atoms with Crippen LogP contribution in [0.2, 0.25) is 0 Å². The lowest BCUT2D eigenvalue weighted by Crippen LogP contribution is -2.44. The van der Waals surface area contributed by atoms with Gasteiger partial charge in [0.15, 0.2) is 5.82 Å². The molecule has 1 amide bonds. The average molecular weight is 565 g/mol. The van der Waals surface area contributed by atoms with Crippen molar-refractivity contribution < 1.29 is 18.0 Å². The summed E-state index contributed by atoms with van der Waals surface area (Å²) >= 11 is 0. The topological polar surface area (TPSA) is 132 Å². The Bertz CT molecular complexity index is 1720. The highest BCUT2D eigenvalue weighted by molar-refractivity contribution is 6.07. The standard InChI is InChI=1S/C27H27F3N10O/c1-38-8-10-39(11-9-38)18-6-7-20-21(12-18)37-26(36-20)35-17-4-2-16(3-5-17)22-19(25(41)32-14-27(28,29)30)13-40-23(22)24(31)33-15-34-40/h2-7,12-13,15H,8-11,14H2,1H3,(H,32,41)(H2,31,33,34)(H2,35,36,37). The molecule has 4 heterocycles. The van der Waals surface area contributed by atoms with Gasteiger partial charge in [0.1, 0.15) is 18.4 Å². The predicted octanol–water partition coefficient (Wildman–Crippen LogP) is 3.64. The second kappa shape index (κ2) is 10.3. The molecule has 1 aliphatic heterocycles. The first-order chi connectivity index (χ1) is 19.6. The van der Waals surface area contributed by atoms with Crippen molar-refractivity contribution >= 4 is 45.6 Å². The molecular formula is C27H27F3N10O. The Kier molecular flexibility index (Phi) is 6.61. The molecular weight excluding hydrogens is 537 g/mol. The number of nitrogens with two attached hydrogens (primary N) is 1. The third-order valence-corrected chi connectivity index (χ3v) is 7.07. The summed E-state index contributed by atoms with van der Waals surface area (Å²) in [5.74, 6) is -0.254. The fraction of sp³-hybridized carbons (Fsp3) is 0.259. The van der Waals surface area contributed by atoms with Gasteiger partial charge in [-0.1, -0.05) is 12.1 Å². The molecule has 2 aromatic carbocycles. The molecule has 5 N–H and O–H groups in total. The van der Waals surface area contributed by atoms with Crippen molar-refractivity contribution in [3.8, 4) is 11.1 Å². The zero-order valence-corrected chi connectivity index (χ0v) is 22.0. The minimum absolute atomic E-state index is 0.00408. The van der Waals surface area contributed by atoms with Gasteiger partial charge in [0.05, 0.1) is 16.6 Å². The summed E-state index contributed by atoms with van der Waals surface area (Å²) in [6.45, 7) is 2.50. The molecule has 0 bridgehead atoms. The second-order valence-electron chi connectivity index (χ2n) is 9.93. The number of H-pyrrole nitrogens is 1. The number of amides is 1. The number of benzene rings is 2. The number of anilines is 4. The van der Waals surface area contributed by atoms with E-state index in [0.717, 1.165) is 42.9 Å². The summed E-state index contributed by atoms with van der Waals surface area (Å²) in [6.07, 6.45) is -2.01. The van der Waals surface area contributed by atoms with Crippen LogP contribution in [0.5, 0.6) is 0 Å². The zero-order chi connectivity index (χ0) is 28.7. The van der Waals surface area contributed by atoms with Gasteiger partial charge < -0.3 is 31.2 Å². The lowest BCUT2D eigenvalue weighted by Gasteiger charge is -2.34. The number of fused-ring (bicyclic) bond motifs is 2. The predicted molar refractivity (Wildman–Crippen MR) is 150 cm³/mol. The van der Waals surface area contributed by atoms with Gasteiger partial charge in [-0.3, -0.25) is 4.79 Å². The number of rotatable bonds is 6. The lowest BCUT2D eigenvalue weighted by molar-refractivity contribution is -0.123. The lowest BCUT2D eigenvalue weighted by atomic mass is 10.0. The molecule has 14 heteroatoms. The molecule has 11 nitrogen and oxygen atoms in total. The Morgan fingerprint density at radius 1 is 1.10 bits per heavy atom. The first-order valence-electron chi connectivity index (χ1n) is 12.9. The van der Waals surface area contributed by atoms with Gasteiger partial charge in [0.2, 0.25) is 5.95 Å². The highest BCUT2D eigenvalue weighted by Crippen LogP contribution is 2.34.